The van der Waals surface area contributed by atoms with Crippen LogP contribution in [0.4, 0.5) is 8.78 Å². The SMILES string of the molecule is FC(F)(Cl)/C=C/c1ccccc1. The lowest BCUT2D eigenvalue weighted by Crippen LogP contribution is -1.97. The predicted molar refractivity (Wildman–Crippen MR) is 46.3 cm³/mol. The highest BCUT2D eigenvalue weighted by atomic mass is 35.5. The van der Waals surface area contributed by atoms with Crippen LogP contribution in [0.25, 0.3) is 6.08 Å². The Morgan fingerprint density at radius 1 is 1.17 bits per heavy atom. The topological polar surface area (TPSA) is 0 Å². The van der Waals surface area contributed by atoms with E-state index in [1.807, 2.05) is 6.07 Å². The zero-order valence-electron chi connectivity index (χ0n) is 6.18. The first-order chi connectivity index (χ1) is 5.58. The summed E-state index contributed by atoms with van der Waals surface area (Å²) in [6.07, 6.45) is 1.94. The molecule has 0 spiro atoms. The van der Waals surface area contributed by atoms with Crippen molar-refractivity contribution in [2.45, 2.75) is 5.38 Å². The Balaban J connectivity index is 2.71. The third-order valence-corrected chi connectivity index (χ3v) is 1.39. The summed E-state index contributed by atoms with van der Waals surface area (Å²) in [6.45, 7) is 0. The fourth-order valence-corrected chi connectivity index (χ4v) is 0.818. The van der Waals surface area contributed by atoms with Gasteiger partial charge in [-0.15, -0.1) is 0 Å². The predicted octanol–water partition coefficient (Wildman–Crippen LogP) is 3.53. The van der Waals surface area contributed by atoms with Crippen LogP contribution in [-0.4, -0.2) is 5.38 Å². The second kappa shape index (κ2) is 3.68. The average molecular weight is 189 g/mol. The van der Waals surface area contributed by atoms with Gasteiger partial charge in [-0.3, -0.25) is 0 Å². The van der Waals surface area contributed by atoms with Gasteiger partial charge in [-0.1, -0.05) is 36.4 Å². The quantitative estimate of drug-likeness (QED) is 0.623. The number of hydrogen-bond acceptors (Lipinski definition) is 0. The van der Waals surface area contributed by atoms with E-state index >= 15 is 0 Å². The minimum absolute atomic E-state index is 0.657. The van der Waals surface area contributed by atoms with Crippen molar-refractivity contribution in [2.24, 2.45) is 0 Å². The van der Waals surface area contributed by atoms with E-state index in [1.54, 1.807) is 24.3 Å². The fourth-order valence-electron chi connectivity index (χ4n) is 0.755. The van der Waals surface area contributed by atoms with E-state index in [4.69, 9.17) is 0 Å². The molecule has 1 aromatic carbocycles. The number of halogens is 3. The summed E-state index contributed by atoms with van der Waals surface area (Å²) >= 11 is 4.66. The molecule has 0 unspecified atom stereocenters. The number of hydrogen-bond donors (Lipinski definition) is 0. The lowest BCUT2D eigenvalue weighted by molar-refractivity contribution is 0.154. The van der Waals surface area contributed by atoms with Crippen LogP contribution < -0.4 is 0 Å². The third kappa shape index (κ3) is 3.49. The summed E-state index contributed by atoms with van der Waals surface area (Å²) in [7, 11) is 0. The smallest absolute Gasteiger partial charge is 0.184 e. The highest BCUT2D eigenvalue weighted by Gasteiger charge is 2.18. The molecular weight excluding hydrogens is 182 g/mol. The molecule has 1 aromatic rings. The number of allylic oxidation sites excluding steroid dienone is 1. The van der Waals surface area contributed by atoms with Crippen LogP contribution in [0.15, 0.2) is 36.4 Å². The zero-order chi connectivity index (χ0) is 9.03. The van der Waals surface area contributed by atoms with Gasteiger partial charge in [0.25, 0.3) is 0 Å². The molecule has 0 aromatic heterocycles. The van der Waals surface area contributed by atoms with Gasteiger partial charge in [0, 0.05) is 6.08 Å². The summed E-state index contributed by atoms with van der Waals surface area (Å²) in [5, 5.41) is -3.25. The Morgan fingerprint density at radius 3 is 2.25 bits per heavy atom. The second-order valence-electron chi connectivity index (χ2n) is 2.29. The Labute approximate surface area is 74.5 Å². The Kier molecular flexibility index (Phi) is 2.82. The Morgan fingerprint density at radius 2 is 1.75 bits per heavy atom. The van der Waals surface area contributed by atoms with Crippen LogP contribution in [0.3, 0.4) is 0 Å². The van der Waals surface area contributed by atoms with Crippen molar-refractivity contribution < 1.29 is 8.78 Å². The van der Waals surface area contributed by atoms with Crippen molar-refractivity contribution >= 4 is 17.7 Å². The molecular formula is C9H7ClF2. The molecule has 0 atom stereocenters. The van der Waals surface area contributed by atoms with Crippen molar-refractivity contribution in [1.29, 1.82) is 0 Å². The molecule has 0 nitrogen and oxygen atoms in total. The highest BCUT2D eigenvalue weighted by molar-refractivity contribution is 6.23. The molecule has 3 heteroatoms. The summed E-state index contributed by atoms with van der Waals surface area (Å²) in [4.78, 5) is 0. The van der Waals surface area contributed by atoms with Crippen LogP contribution in [0, 0.1) is 0 Å². The van der Waals surface area contributed by atoms with Crippen molar-refractivity contribution in [2.75, 3.05) is 0 Å². The Hall–Kier alpha value is -0.890. The monoisotopic (exact) mass is 188 g/mol. The van der Waals surface area contributed by atoms with Gasteiger partial charge >= 0.3 is 5.38 Å². The third-order valence-electron chi connectivity index (χ3n) is 1.26. The lowest BCUT2D eigenvalue weighted by Gasteiger charge is -1.98. The van der Waals surface area contributed by atoms with Gasteiger partial charge in [-0.25, -0.2) is 0 Å². The van der Waals surface area contributed by atoms with E-state index in [2.05, 4.69) is 11.6 Å². The molecule has 0 radical (unpaired) electrons. The van der Waals surface area contributed by atoms with E-state index in [-0.39, 0.29) is 0 Å². The molecule has 0 saturated carbocycles. The lowest BCUT2D eigenvalue weighted by atomic mass is 10.2. The highest BCUT2D eigenvalue weighted by Crippen LogP contribution is 2.21. The van der Waals surface area contributed by atoms with E-state index in [9.17, 15) is 8.78 Å². The summed E-state index contributed by atoms with van der Waals surface area (Å²) < 4.78 is 24.2. The van der Waals surface area contributed by atoms with Crippen molar-refractivity contribution in [3.63, 3.8) is 0 Å². The molecule has 1 rings (SSSR count). The van der Waals surface area contributed by atoms with Gasteiger partial charge in [-0.2, -0.15) is 8.78 Å². The first-order valence-electron chi connectivity index (χ1n) is 3.39. The van der Waals surface area contributed by atoms with E-state index < -0.39 is 5.38 Å². The van der Waals surface area contributed by atoms with Crippen LogP contribution in [0.5, 0.6) is 0 Å². The van der Waals surface area contributed by atoms with Crippen LogP contribution in [0.2, 0.25) is 0 Å². The first kappa shape index (κ1) is 9.20. The molecule has 0 fully saturated rings. The maximum atomic E-state index is 12.1. The van der Waals surface area contributed by atoms with Gasteiger partial charge in [0.05, 0.1) is 0 Å². The van der Waals surface area contributed by atoms with Gasteiger partial charge in [-0.05, 0) is 17.2 Å². The largest absolute Gasteiger partial charge is 0.341 e. The van der Waals surface area contributed by atoms with Crippen molar-refractivity contribution in [3.05, 3.63) is 42.0 Å². The standard InChI is InChI=1S/C9H7ClF2/c10-9(11,12)7-6-8-4-2-1-3-5-8/h1-7H/b7-6+. The van der Waals surface area contributed by atoms with Gasteiger partial charge in [0.2, 0.25) is 0 Å². The average Bonchev–Trinajstić information content (AvgIpc) is 2.02. The van der Waals surface area contributed by atoms with E-state index in [0.29, 0.717) is 11.6 Å². The summed E-state index contributed by atoms with van der Waals surface area (Å²) in [5.41, 5.74) is 0.706. The molecule has 0 heterocycles. The van der Waals surface area contributed by atoms with Crippen molar-refractivity contribution in [3.8, 4) is 0 Å². The molecule has 64 valence electrons. The molecule has 0 bridgehead atoms. The summed E-state index contributed by atoms with van der Waals surface area (Å²) in [5.74, 6) is 0. The maximum Gasteiger partial charge on any atom is 0.341 e. The van der Waals surface area contributed by atoms with Crippen molar-refractivity contribution in [1.82, 2.24) is 0 Å². The number of rotatable bonds is 2. The molecule has 12 heavy (non-hydrogen) atoms. The van der Waals surface area contributed by atoms with E-state index in [1.165, 1.54) is 6.08 Å². The van der Waals surface area contributed by atoms with Gasteiger partial charge < -0.3 is 0 Å². The minimum atomic E-state index is -3.25. The van der Waals surface area contributed by atoms with Crippen LogP contribution >= 0.6 is 11.6 Å². The molecule has 0 saturated heterocycles. The normalized spacial score (nSPS) is 12.2. The van der Waals surface area contributed by atoms with Gasteiger partial charge in [0.15, 0.2) is 0 Å². The van der Waals surface area contributed by atoms with Crippen LogP contribution in [0.1, 0.15) is 5.56 Å². The van der Waals surface area contributed by atoms with Crippen LogP contribution in [-0.2, 0) is 0 Å². The molecule has 0 aliphatic rings. The van der Waals surface area contributed by atoms with Gasteiger partial charge in [0.1, 0.15) is 0 Å². The molecule has 0 amide bonds. The molecule has 0 N–H and O–H groups in total. The fraction of sp³-hybridized carbons (Fsp3) is 0.111. The maximum absolute atomic E-state index is 12.1. The summed E-state index contributed by atoms with van der Waals surface area (Å²) in [6, 6.07) is 8.80. The minimum Gasteiger partial charge on any atom is -0.184 e. The number of benzene rings is 1. The zero-order valence-corrected chi connectivity index (χ0v) is 6.93. The second-order valence-corrected chi connectivity index (χ2v) is 2.79. The molecule has 0 aliphatic heterocycles. The van der Waals surface area contributed by atoms with E-state index in [0.717, 1.165) is 0 Å². The number of alkyl halides is 3. The Bertz CT molecular complexity index is 262. The molecule has 0 aliphatic carbocycles. The first-order valence-corrected chi connectivity index (χ1v) is 3.77.